The molecule has 4 aromatic rings. The van der Waals surface area contributed by atoms with Crippen LogP contribution in [0.15, 0.2) is 66.2 Å². The van der Waals surface area contributed by atoms with Crippen LogP contribution in [0.3, 0.4) is 0 Å². The number of anilines is 3. The van der Waals surface area contributed by atoms with E-state index in [1.807, 2.05) is 23.6 Å². The van der Waals surface area contributed by atoms with Gasteiger partial charge in [0.15, 0.2) is 16.7 Å². The van der Waals surface area contributed by atoms with Crippen molar-refractivity contribution in [3.05, 3.63) is 93.8 Å². The number of hydrogen-bond acceptors (Lipinski definition) is 13. The standard InChI is InChI=1S/C46H53ClFN7O9S/c47-34-8-5-10-37(41(34)48)64-31-15-17-46(18-16-31,28-30-6-3-11-38(51-30)53-45-50-20-27-65-45)44(60)49-19-22-62-24-26-63-25-23-61-21-2-1-12-39(56)52-35-9-4-7-32-33(35)29-55(43(32)59)36-13-14-40(57)54-42(36)58/h3-11,20,27,31,36H,1-2,12-19,21-26,28-29H2,(H,49,60)(H,52,56)(H,50,51,53)(H,54,57,58). The summed E-state index contributed by atoms with van der Waals surface area (Å²) in [7, 11) is 0. The van der Waals surface area contributed by atoms with Gasteiger partial charge in [0.05, 0.1) is 49.6 Å². The molecule has 16 nitrogen and oxygen atoms in total. The number of pyridine rings is 1. The fourth-order valence-corrected chi connectivity index (χ4v) is 8.96. The number of imide groups is 1. The first-order valence-corrected chi connectivity index (χ1v) is 23.2. The molecular formula is C46H53ClFN7O9S. The van der Waals surface area contributed by atoms with E-state index in [1.54, 1.807) is 36.5 Å². The van der Waals surface area contributed by atoms with E-state index < -0.39 is 23.2 Å². The molecule has 0 bridgehead atoms. The first kappa shape index (κ1) is 47.4. The Morgan fingerprint density at radius 1 is 0.923 bits per heavy atom. The van der Waals surface area contributed by atoms with Crippen molar-refractivity contribution in [1.82, 2.24) is 25.5 Å². The Labute approximate surface area is 385 Å². The van der Waals surface area contributed by atoms with Gasteiger partial charge in [-0.1, -0.05) is 29.8 Å². The molecule has 19 heteroatoms. The summed E-state index contributed by atoms with van der Waals surface area (Å²) in [5.41, 5.74) is 1.64. The number of benzene rings is 2. The molecule has 1 unspecified atom stereocenters. The highest BCUT2D eigenvalue weighted by Gasteiger charge is 2.43. The number of ether oxygens (including phenoxy) is 4. The third-order valence-corrected chi connectivity index (χ3v) is 12.6. The summed E-state index contributed by atoms with van der Waals surface area (Å²) in [5, 5.41) is 14.1. The summed E-state index contributed by atoms with van der Waals surface area (Å²) >= 11 is 7.44. The summed E-state index contributed by atoms with van der Waals surface area (Å²) < 4.78 is 37.7. The van der Waals surface area contributed by atoms with E-state index in [0.717, 1.165) is 10.8 Å². The zero-order valence-corrected chi connectivity index (χ0v) is 37.5. The molecule has 346 valence electrons. The molecule has 7 rings (SSSR count). The van der Waals surface area contributed by atoms with Crippen molar-refractivity contribution in [2.24, 2.45) is 5.41 Å². The Balaban J connectivity index is 0.758. The van der Waals surface area contributed by atoms with Crippen LogP contribution in [0, 0.1) is 11.2 Å². The van der Waals surface area contributed by atoms with Crippen LogP contribution in [0.5, 0.6) is 5.75 Å². The molecule has 4 N–H and O–H groups in total. The number of piperidine rings is 1. The van der Waals surface area contributed by atoms with Gasteiger partial charge in [-0.2, -0.15) is 0 Å². The van der Waals surface area contributed by atoms with E-state index in [9.17, 15) is 28.4 Å². The minimum absolute atomic E-state index is 0.00350. The predicted octanol–water partition coefficient (Wildman–Crippen LogP) is 6.36. The number of unbranched alkanes of at least 4 members (excludes halogenated alkanes) is 1. The maximum atomic E-state index is 14.6. The van der Waals surface area contributed by atoms with E-state index >= 15 is 0 Å². The Hall–Kier alpha value is -5.53. The second-order valence-electron chi connectivity index (χ2n) is 16.1. The van der Waals surface area contributed by atoms with E-state index in [-0.39, 0.29) is 66.3 Å². The maximum Gasteiger partial charge on any atom is 0.255 e. The van der Waals surface area contributed by atoms with Crippen LogP contribution in [0.25, 0.3) is 0 Å². The molecule has 5 amide bonds. The zero-order valence-electron chi connectivity index (χ0n) is 35.9. The van der Waals surface area contributed by atoms with Crippen LogP contribution in [-0.4, -0.2) is 103 Å². The summed E-state index contributed by atoms with van der Waals surface area (Å²) in [4.78, 5) is 74.3. The van der Waals surface area contributed by atoms with Crippen LogP contribution in [0.4, 0.5) is 21.0 Å². The highest BCUT2D eigenvalue weighted by molar-refractivity contribution is 7.13. The number of amides is 5. The van der Waals surface area contributed by atoms with Gasteiger partial charge in [0.1, 0.15) is 11.9 Å². The first-order chi connectivity index (χ1) is 31.6. The molecule has 0 spiro atoms. The number of nitrogens with zero attached hydrogens (tertiary/aromatic N) is 3. The fourth-order valence-electron chi connectivity index (χ4n) is 8.26. The number of carbonyl (C=O) groups excluding carboxylic acids is 5. The van der Waals surface area contributed by atoms with Crippen LogP contribution < -0.4 is 26.0 Å². The molecule has 2 aliphatic heterocycles. The third kappa shape index (κ3) is 12.8. The van der Waals surface area contributed by atoms with Crippen molar-refractivity contribution in [2.45, 2.75) is 82.9 Å². The molecule has 65 heavy (non-hydrogen) atoms. The monoisotopic (exact) mass is 933 g/mol. The van der Waals surface area contributed by atoms with Gasteiger partial charge >= 0.3 is 0 Å². The van der Waals surface area contributed by atoms with E-state index in [4.69, 9.17) is 35.5 Å². The highest BCUT2D eigenvalue weighted by atomic mass is 35.5. The van der Waals surface area contributed by atoms with Crippen molar-refractivity contribution >= 4 is 69.1 Å². The zero-order chi connectivity index (χ0) is 45.6. The molecule has 1 atom stereocenters. The minimum Gasteiger partial charge on any atom is -0.487 e. The minimum atomic E-state index is -0.759. The number of nitrogens with one attached hydrogen (secondary N) is 4. The van der Waals surface area contributed by atoms with E-state index in [1.165, 1.54) is 22.3 Å². The number of aromatic nitrogens is 2. The smallest absolute Gasteiger partial charge is 0.255 e. The van der Waals surface area contributed by atoms with Gasteiger partial charge in [0.25, 0.3) is 5.91 Å². The Bertz CT molecular complexity index is 2300. The molecular weight excluding hydrogens is 881 g/mol. The second kappa shape index (κ2) is 23.1. The van der Waals surface area contributed by atoms with Gasteiger partial charge in [0, 0.05) is 73.0 Å². The highest BCUT2D eigenvalue weighted by Crippen LogP contribution is 2.41. The Morgan fingerprint density at radius 2 is 1.68 bits per heavy atom. The summed E-state index contributed by atoms with van der Waals surface area (Å²) in [6, 6.07) is 14.7. The van der Waals surface area contributed by atoms with Crippen LogP contribution >= 0.6 is 22.9 Å². The normalized spacial score (nSPS) is 19.4. The van der Waals surface area contributed by atoms with E-state index in [2.05, 4.69) is 26.3 Å². The number of halogens is 2. The van der Waals surface area contributed by atoms with Crippen LogP contribution in [0.2, 0.25) is 5.02 Å². The largest absolute Gasteiger partial charge is 0.487 e. The van der Waals surface area contributed by atoms with Gasteiger partial charge < -0.3 is 39.8 Å². The van der Waals surface area contributed by atoms with Gasteiger partial charge in [-0.15, -0.1) is 11.3 Å². The molecule has 2 aromatic carbocycles. The quantitative estimate of drug-likeness (QED) is 0.0475. The summed E-state index contributed by atoms with van der Waals surface area (Å²) in [5.74, 6) is -1.26. The predicted molar refractivity (Wildman–Crippen MR) is 240 cm³/mol. The third-order valence-electron chi connectivity index (χ3n) is 11.6. The number of rotatable bonds is 23. The topological polar surface area (TPSA) is 199 Å². The van der Waals surface area contributed by atoms with Crippen LogP contribution in [-0.2, 0) is 46.4 Å². The van der Waals surface area contributed by atoms with Gasteiger partial charge in [-0.3, -0.25) is 29.3 Å². The Morgan fingerprint density at radius 3 is 2.45 bits per heavy atom. The summed E-state index contributed by atoms with van der Waals surface area (Å²) in [6.07, 6.45) is 5.94. The molecule has 1 saturated heterocycles. The lowest BCUT2D eigenvalue weighted by molar-refractivity contribution is -0.137. The molecule has 2 fully saturated rings. The number of hydrogen-bond donors (Lipinski definition) is 4. The number of thiazole rings is 1. The van der Waals surface area contributed by atoms with Crippen LogP contribution in [0.1, 0.15) is 79.4 Å². The van der Waals surface area contributed by atoms with Crippen molar-refractivity contribution in [2.75, 3.05) is 56.8 Å². The molecule has 4 heterocycles. The molecule has 3 aliphatic rings. The molecule has 1 saturated carbocycles. The maximum absolute atomic E-state index is 14.6. The van der Waals surface area contributed by atoms with Gasteiger partial charge in [-0.05, 0) is 81.3 Å². The number of carbonyl (C=O) groups is 5. The molecule has 1 aliphatic carbocycles. The lowest BCUT2D eigenvalue weighted by atomic mass is 9.69. The van der Waals surface area contributed by atoms with Crippen molar-refractivity contribution in [3.8, 4) is 5.75 Å². The Kier molecular flexibility index (Phi) is 16.8. The SMILES string of the molecule is O=C1CCC(N2Cc3c(NC(=O)CCCCOCCOCCOCCNC(=O)C4(Cc5cccc(Nc6nccs6)n5)CCC(Oc5cccc(Cl)c5F)CC4)cccc3C2=O)C(=O)N1. The van der Waals surface area contributed by atoms with Gasteiger partial charge in [0.2, 0.25) is 23.6 Å². The van der Waals surface area contributed by atoms with Crippen molar-refractivity contribution < 1.29 is 47.3 Å². The van der Waals surface area contributed by atoms with Crippen molar-refractivity contribution in [1.29, 1.82) is 0 Å². The average molecular weight is 934 g/mol. The average Bonchev–Trinajstić information content (AvgIpc) is 3.93. The summed E-state index contributed by atoms with van der Waals surface area (Å²) in [6.45, 7) is 2.70. The lowest BCUT2D eigenvalue weighted by Gasteiger charge is -2.39. The second-order valence-corrected chi connectivity index (χ2v) is 17.4. The van der Waals surface area contributed by atoms with Crippen molar-refractivity contribution in [3.63, 3.8) is 0 Å². The number of fused-ring (bicyclic) bond motifs is 1. The molecule has 2 aromatic heterocycles. The molecule has 0 radical (unpaired) electrons. The lowest BCUT2D eigenvalue weighted by Crippen LogP contribution is -2.52. The fraction of sp³-hybridized carbons (Fsp3) is 0.457. The first-order valence-electron chi connectivity index (χ1n) is 21.9. The van der Waals surface area contributed by atoms with E-state index in [0.29, 0.717) is 114 Å². The van der Waals surface area contributed by atoms with Gasteiger partial charge in [-0.25, -0.2) is 14.4 Å².